The lowest BCUT2D eigenvalue weighted by Crippen LogP contribution is -2.12. The van der Waals surface area contributed by atoms with Crippen LogP contribution in [0, 0.1) is 0 Å². The first-order valence-electron chi connectivity index (χ1n) is 8.17. The van der Waals surface area contributed by atoms with E-state index in [1.807, 2.05) is 36.4 Å². The molecule has 0 spiro atoms. The maximum atomic E-state index is 12.6. The third-order valence-electron chi connectivity index (χ3n) is 3.85. The van der Waals surface area contributed by atoms with Gasteiger partial charge in [-0.15, -0.1) is 11.8 Å². The summed E-state index contributed by atoms with van der Waals surface area (Å²) in [6.07, 6.45) is 0. The smallest absolute Gasteiger partial charge is 0.255 e. The van der Waals surface area contributed by atoms with Crippen molar-refractivity contribution >= 4 is 46.6 Å². The SMILES string of the molecule is COc1ccc(C(=O)Nc2ccc(Cl)cc2)cc1CSc1ccc(Cl)cc1. The molecule has 0 aliphatic rings. The summed E-state index contributed by atoms with van der Waals surface area (Å²) in [5.74, 6) is 1.24. The predicted octanol–water partition coefficient (Wildman–Crippen LogP) is 6.55. The number of benzene rings is 3. The van der Waals surface area contributed by atoms with Crippen molar-refractivity contribution in [3.63, 3.8) is 0 Å². The van der Waals surface area contributed by atoms with Crippen molar-refractivity contribution in [2.45, 2.75) is 10.6 Å². The van der Waals surface area contributed by atoms with Gasteiger partial charge in [0, 0.05) is 37.5 Å². The highest BCUT2D eigenvalue weighted by Crippen LogP contribution is 2.29. The summed E-state index contributed by atoms with van der Waals surface area (Å²) >= 11 is 13.5. The van der Waals surface area contributed by atoms with E-state index in [-0.39, 0.29) is 5.91 Å². The molecule has 0 atom stereocenters. The molecule has 1 N–H and O–H groups in total. The lowest BCUT2D eigenvalue weighted by Gasteiger charge is -2.11. The molecular weight excluding hydrogens is 401 g/mol. The largest absolute Gasteiger partial charge is 0.496 e. The topological polar surface area (TPSA) is 38.3 Å². The highest BCUT2D eigenvalue weighted by Gasteiger charge is 2.11. The van der Waals surface area contributed by atoms with Crippen LogP contribution in [-0.4, -0.2) is 13.0 Å². The maximum Gasteiger partial charge on any atom is 0.255 e. The Morgan fingerprint density at radius 3 is 2.22 bits per heavy atom. The fourth-order valence-corrected chi connectivity index (χ4v) is 3.59. The number of hydrogen-bond acceptors (Lipinski definition) is 3. The fraction of sp³-hybridized carbons (Fsp3) is 0.0952. The Hall–Kier alpha value is -2.14. The van der Waals surface area contributed by atoms with E-state index in [0.29, 0.717) is 27.0 Å². The minimum atomic E-state index is -0.183. The third kappa shape index (κ3) is 5.42. The van der Waals surface area contributed by atoms with Gasteiger partial charge in [0.15, 0.2) is 0 Å². The normalized spacial score (nSPS) is 10.5. The van der Waals surface area contributed by atoms with Crippen LogP contribution < -0.4 is 10.1 Å². The molecule has 6 heteroatoms. The average molecular weight is 418 g/mol. The van der Waals surface area contributed by atoms with E-state index in [4.69, 9.17) is 27.9 Å². The molecule has 0 aliphatic heterocycles. The average Bonchev–Trinajstić information content (AvgIpc) is 2.69. The van der Waals surface area contributed by atoms with Gasteiger partial charge in [-0.1, -0.05) is 23.2 Å². The molecule has 138 valence electrons. The number of nitrogens with one attached hydrogen (secondary N) is 1. The molecule has 0 fully saturated rings. The highest BCUT2D eigenvalue weighted by molar-refractivity contribution is 7.98. The number of hydrogen-bond donors (Lipinski definition) is 1. The predicted molar refractivity (Wildman–Crippen MR) is 113 cm³/mol. The molecule has 0 unspecified atom stereocenters. The number of thioether (sulfide) groups is 1. The first-order chi connectivity index (χ1) is 13.0. The molecule has 0 aliphatic carbocycles. The van der Waals surface area contributed by atoms with Crippen LogP contribution in [0.5, 0.6) is 5.75 Å². The van der Waals surface area contributed by atoms with Crippen molar-refractivity contribution in [3.8, 4) is 5.75 Å². The monoisotopic (exact) mass is 417 g/mol. The van der Waals surface area contributed by atoms with Crippen molar-refractivity contribution in [2.24, 2.45) is 0 Å². The van der Waals surface area contributed by atoms with Crippen LogP contribution in [-0.2, 0) is 5.75 Å². The van der Waals surface area contributed by atoms with Crippen LogP contribution in [0.2, 0.25) is 10.0 Å². The Kier molecular flexibility index (Phi) is 6.67. The third-order valence-corrected chi connectivity index (χ3v) is 5.42. The summed E-state index contributed by atoms with van der Waals surface area (Å²) in [4.78, 5) is 13.7. The van der Waals surface area contributed by atoms with Gasteiger partial charge in [0.05, 0.1) is 7.11 Å². The Balaban J connectivity index is 1.74. The standard InChI is InChI=1S/C21H17Cl2NO2S/c1-26-20-11-2-14(21(25)24-18-7-3-16(22)4-8-18)12-15(20)13-27-19-9-5-17(23)6-10-19/h2-12H,13H2,1H3,(H,24,25). The van der Waals surface area contributed by atoms with Gasteiger partial charge < -0.3 is 10.1 Å². The molecule has 0 bridgehead atoms. The van der Waals surface area contributed by atoms with E-state index in [9.17, 15) is 4.79 Å². The second-order valence-electron chi connectivity index (χ2n) is 5.73. The molecule has 0 aromatic heterocycles. The fourth-order valence-electron chi connectivity index (χ4n) is 2.46. The number of ether oxygens (including phenoxy) is 1. The van der Waals surface area contributed by atoms with Crippen LogP contribution in [0.3, 0.4) is 0 Å². The first kappa shape index (κ1) is 19.6. The summed E-state index contributed by atoms with van der Waals surface area (Å²) in [7, 11) is 1.62. The summed E-state index contributed by atoms with van der Waals surface area (Å²) < 4.78 is 5.44. The van der Waals surface area contributed by atoms with E-state index >= 15 is 0 Å². The molecule has 3 nitrogen and oxygen atoms in total. The van der Waals surface area contributed by atoms with Gasteiger partial charge in [-0.25, -0.2) is 0 Å². The number of anilines is 1. The van der Waals surface area contributed by atoms with Crippen LogP contribution in [0.1, 0.15) is 15.9 Å². The molecule has 0 radical (unpaired) electrons. The summed E-state index contributed by atoms with van der Waals surface area (Å²) in [6, 6.07) is 20.1. The second kappa shape index (κ2) is 9.18. The van der Waals surface area contributed by atoms with Gasteiger partial charge in [-0.2, -0.15) is 0 Å². The van der Waals surface area contributed by atoms with E-state index in [0.717, 1.165) is 16.2 Å². The Labute approximate surface area is 172 Å². The summed E-state index contributed by atoms with van der Waals surface area (Å²) in [5.41, 5.74) is 2.20. The molecule has 3 rings (SSSR count). The molecule has 1 amide bonds. The lowest BCUT2D eigenvalue weighted by atomic mass is 10.1. The number of methoxy groups -OCH3 is 1. The van der Waals surface area contributed by atoms with Crippen LogP contribution in [0.4, 0.5) is 5.69 Å². The second-order valence-corrected chi connectivity index (χ2v) is 7.65. The molecule has 3 aromatic rings. The zero-order valence-electron chi connectivity index (χ0n) is 14.5. The lowest BCUT2D eigenvalue weighted by molar-refractivity contribution is 0.102. The zero-order chi connectivity index (χ0) is 19.2. The van der Waals surface area contributed by atoms with E-state index in [2.05, 4.69) is 5.32 Å². The number of carbonyl (C=O) groups is 1. The molecule has 3 aromatic carbocycles. The van der Waals surface area contributed by atoms with Gasteiger partial charge in [-0.05, 0) is 66.7 Å². The number of carbonyl (C=O) groups excluding carboxylic acids is 1. The van der Waals surface area contributed by atoms with Crippen LogP contribution >= 0.6 is 35.0 Å². The zero-order valence-corrected chi connectivity index (χ0v) is 16.9. The maximum absolute atomic E-state index is 12.6. The Morgan fingerprint density at radius 2 is 1.59 bits per heavy atom. The van der Waals surface area contributed by atoms with E-state index < -0.39 is 0 Å². The van der Waals surface area contributed by atoms with Crippen molar-refractivity contribution in [1.82, 2.24) is 0 Å². The minimum absolute atomic E-state index is 0.183. The number of amides is 1. The minimum Gasteiger partial charge on any atom is -0.496 e. The van der Waals surface area contributed by atoms with Crippen molar-refractivity contribution in [1.29, 1.82) is 0 Å². The van der Waals surface area contributed by atoms with Gasteiger partial charge in [0.2, 0.25) is 0 Å². The van der Waals surface area contributed by atoms with Gasteiger partial charge in [0.25, 0.3) is 5.91 Å². The molecule has 0 saturated carbocycles. The first-order valence-corrected chi connectivity index (χ1v) is 9.91. The molecule has 0 heterocycles. The van der Waals surface area contributed by atoms with Crippen LogP contribution in [0.15, 0.2) is 71.6 Å². The summed E-state index contributed by atoms with van der Waals surface area (Å²) in [6.45, 7) is 0. The van der Waals surface area contributed by atoms with E-state index in [1.54, 1.807) is 49.2 Å². The molecule has 27 heavy (non-hydrogen) atoms. The van der Waals surface area contributed by atoms with Gasteiger partial charge in [0.1, 0.15) is 5.75 Å². The van der Waals surface area contributed by atoms with Gasteiger partial charge >= 0.3 is 0 Å². The van der Waals surface area contributed by atoms with Crippen molar-refractivity contribution in [3.05, 3.63) is 87.9 Å². The Morgan fingerprint density at radius 1 is 0.963 bits per heavy atom. The number of halogens is 2. The van der Waals surface area contributed by atoms with Crippen molar-refractivity contribution in [2.75, 3.05) is 12.4 Å². The highest BCUT2D eigenvalue weighted by atomic mass is 35.5. The van der Waals surface area contributed by atoms with Crippen molar-refractivity contribution < 1.29 is 9.53 Å². The molecule has 0 saturated heterocycles. The number of rotatable bonds is 6. The van der Waals surface area contributed by atoms with E-state index in [1.165, 1.54) is 0 Å². The summed E-state index contributed by atoms with van der Waals surface area (Å²) in [5, 5.41) is 4.20. The quantitative estimate of drug-likeness (QED) is 0.462. The van der Waals surface area contributed by atoms with Gasteiger partial charge in [-0.3, -0.25) is 4.79 Å². The molecular formula is C21H17Cl2NO2S. The Bertz CT molecular complexity index is 928. The van der Waals surface area contributed by atoms with Crippen LogP contribution in [0.25, 0.3) is 0 Å².